The van der Waals surface area contributed by atoms with Crippen molar-refractivity contribution in [2.75, 3.05) is 13.2 Å². The lowest BCUT2D eigenvalue weighted by Crippen LogP contribution is -2.44. The molecule has 3 heterocycles. The molecule has 2 saturated heterocycles. The molecule has 7 nitrogen and oxygen atoms in total. The number of carbonyl (C=O) groups is 1. The molecule has 1 amide bonds. The van der Waals surface area contributed by atoms with Gasteiger partial charge in [-0.3, -0.25) is 9.78 Å². The van der Waals surface area contributed by atoms with E-state index in [1.54, 1.807) is 0 Å². The van der Waals surface area contributed by atoms with Crippen LogP contribution in [0.1, 0.15) is 16.1 Å². The maximum Gasteiger partial charge on any atom is 0.271 e. The number of nitrogens with one attached hydrogen (secondary N) is 1. The van der Waals surface area contributed by atoms with Gasteiger partial charge >= 0.3 is 0 Å². The van der Waals surface area contributed by atoms with Gasteiger partial charge in [-0.05, 0) is 5.56 Å². The quantitative estimate of drug-likeness (QED) is 0.872. The first kappa shape index (κ1) is 16.1. The predicted octanol–water partition coefficient (Wildman–Crippen LogP) is 0.958. The van der Waals surface area contributed by atoms with Gasteiger partial charge in [-0.2, -0.15) is 0 Å². The maximum absolute atomic E-state index is 12.2. The molecule has 0 bridgehead atoms. The van der Waals surface area contributed by atoms with E-state index in [9.17, 15) is 4.79 Å². The highest BCUT2D eigenvalue weighted by molar-refractivity contribution is 5.92. The van der Waals surface area contributed by atoms with Gasteiger partial charge in [0.05, 0.1) is 32.1 Å². The van der Waals surface area contributed by atoms with Crippen molar-refractivity contribution in [3.8, 4) is 0 Å². The first-order chi connectivity index (χ1) is 12.3. The van der Waals surface area contributed by atoms with Gasteiger partial charge in [0.2, 0.25) is 0 Å². The first-order valence-corrected chi connectivity index (χ1v) is 8.27. The van der Waals surface area contributed by atoms with Gasteiger partial charge in [0.25, 0.3) is 5.91 Å². The molecule has 130 valence electrons. The van der Waals surface area contributed by atoms with Gasteiger partial charge in [-0.15, -0.1) is 0 Å². The van der Waals surface area contributed by atoms with E-state index in [2.05, 4.69) is 15.3 Å². The molecule has 0 aliphatic carbocycles. The number of amides is 1. The molecular weight excluding hydrogens is 322 g/mol. The number of aromatic nitrogens is 2. The summed E-state index contributed by atoms with van der Waals surface area (Å²) in [5.74, 6) is -0.278. The number of hydrogen-bond donors (Lipinski definition) is 1. The standard InChI is InChI=1S/C18H19N3O4/c22-18(13-8-19-6-7-20-13)21-14-10-24-17-15(11-25-16(14)17)23-9-12-4-2-1-3-5-12/h1-8,14-17H,9-11H2,(H,21,22)/t14-,15+,16+,17+/m0/s1. The van der Waals surface area contributed by atoms with Gasteiger partial charge in [0.15, 0.2) is 0 Å². The monoisotopic (exact) mass is 341 g/mol. The van der Waals surface area contributed by atoms with Crippen molar-refractivity contribution in [1.82, 2.24) is 15.3 Å². The van der Waals surface area contributed by atoms with Crippen LogP contribution in [0, 0.1) is 0 Å². The zero-order chi connectivity index (χ0) is 17.1. The highest BCUT2D eigenvalue weighted by Gasteiger charge is 2.48. The fourth-order valence-corrected chi connectivity index (χ4v) is 3.17. The minimum Gasteiger partial charge on any atom is -0.370 e. The third-order valence-corrected chi connectivity index (χ3v) is 4.43. The second-order valence-electron chi connectivity index (χ2n) is 6.10. The molecule has 1 aromatic heterocycles. The molecule has 0 saturated carbocycles. The molecule has 1 aromatic carbocycles. The Hall–Kier alpha value is -2.35. The summed E-state index contributed by atoms with van der Waals surface area (Å²) >= 11 is 0. The molecule has 7 heteroatoms. The van der Waals surface area contributed by atoms with Crippen molar-refractivity contribution >= 4 is 5.91 Å². The topological polar surface area (TPSA) is 82.6 Å². The van der Waals surface area contributed by atoms with Crippen LogP contribution in [-0.2, 0) is 20.8 Å². The summed E-state index contributed by atoms with van der Waals surface area (Å²) in [6.45, 7) is 1.37. The first-order valence-electron chi connectivity index (χ1n) is 8.27. The van der Waals surface area contributed by atoms with Crippen molar-refractivity contribution in [3.05, 3.63) is 60.2 Å². The van der Waals surface area contributed by atoms with Crippen molar-refractivity contribution in [3.63, 3.8) is 0 Å². The largest absolute Gasteiger partial charge is 0.370 e. The van der Waals surface area contributed by atoms with Gasteiger partial charge in [-0.25, -0.2) is 4.98 Å². The summed E-state index contributed by atoms with van der Waals surface area (Å²) in [6, 6.07) is 9.76. The van der Waals surface area contributed by atoms with Crippen LogP contribution < -0.4 is 5.32 Å². The van der Waals surface area contributed by atoms with Gasteiger partial charge < -0.3 is 19.5 Å². The van der Waals surface area contributed by atoms with Gasteiger partial charge in [-0.1, -0.05) is 30.3 Å². The van der Waals surface area contributed by atoms with E-state index in [0.717, 1.165) is 5.56 Å². The molecule has 2 aliphatic rings. The van der Waals surface area contributed by atoms with E-state index in [0.29, 0.717) is 19.8 Å². The molecule has 4 rings (SSSR count). The van der Waals surface area contributed by atoms with Crippen molar-refractivity contribution < 1.29 is 19.0 Å². The van der Waals surface area contributed by atoms with Crippen LogP contribution in [0.4, 0.5) is 0 Å². The molecule has 0 unspecified atom stereocenters. The average Bonchev–Trinajstić information content (AvgIpc) is 3.25. The van der Waals surface area contributed by atoms with Crippen LogP contribution >= 0.6 is 0 Å². The van der Waals surface area contributed by atoms with E-state index in [4.69, 9.17) is 14.2 Å². The Kier molecular flexibility index (Phi) is 4.69. The zero-order valence-electron chi connectivity index (χ0n) is 13.6. The fraction of sp³-hybridized carbons (Fsp3) is 0.389. The van der Waals surface area contributed by atoms with Gasteiger partial charge in [0.1, 0.15) is 24.0 Å². The molecule has 1 N–H and O–H groups in total. The Labute approximate surface area is 145 Å². The Bertz CT molecular complexity index is 713. The third kappa shape index (κ3) is 3.53. The Morgan fingerprint density at radius 2 is 2.00 bits per heavy atom. The van der Waals surface area contributed by atoms with E-state index in [1.807, 2.05) is 30.3 Å². The highest BCUT2D eigenvalue weighted by atomic mass is 16.6. The smallest absolute Gasteiger partial charge is 0.271 e. The van der Waals surface area contributed by atoms with E-state index >= 15 is 0 Å². The summed E-state index contributed by atoms with van der Waals surface area (Å²) in [4.78, 5) is 20.1. The van der Waals surface area contributed by atoms with Crippen LogP contribution in [0.15, 0.2) is 48.9 Å². The van der Waals surface area contributed by atoms with Crippen LogP contribution in [0.25, 0.3) is 0 Å². The van der Waals surface area contributed by atoms with Crippen LogP contribution in [0.3, 0.4) is 0 Å². The zero-order valence-corrected chi connectivity index (χ0v) is 13.6. The van der Waals surface area contributed by atoms with Crippen LogP contribution in [0.5, 0.6) is 0 Å². The lowest BCUT2D eigenvalue weighted by molar-refractivity contribution is -0.0392. The molecule has 0 radical (unpaired) electrons. The summed E-state index contributed by atoms with van der Waals surface area (Å²) in [6.07, 6.45) is 3.94. The Morgan fingerprint density at radius 3 is 2.80 bits per heavy atom. The number of nitrogens with zero attached hydrogens (tertiary/aromatic N) is 2. The molecule has 2 fully saturated rings. The third-order valence-electron chi connectivity index (χ3n) is 4.43. The normalized spacial score (nSPS) is 27.8. The van der Waals surface area contributed by atoms with Crippen LogP contribution in [-0.4, -0.2) is 53.4 Å². The fourth-order valence-electron chi connectivity index (χ4n) is 3.17. The predicted molar refractivity (Wildman–Crippen MR) is 87.8 cm³/mol. The van der Waals surface area contributed by atoms with Crippen molar-refractivity contribution in [2.45, 2.75) is 31.0 Å². The van der Waals surface area contributed by atoms with Crippen molar-refractivity contribution in [1.29, 1.82) is 0 Å². The van der Waals surface area contributed by atoms with Crippen LogP contribution in [0.2, 0.25) is 0 Å². The molecule has 0 spiro atoms. The summed E-state index contributed by atoms with van der Waals surface area (Å²) in [5.41, 5.74) is 1.39. The number of ether oxygens (including phenoxy) is 3. The second kappa shape index (κ2) is 7.26. The minimum atomic E-state index is -0.278. The lowest BCUT2D eigenvalue weighted by atomic mass is 10.1. The summed E-state index contributed by atoms with van der Waals surface area (Å²) in [5, 5.41) is 2.91. The second-order valence-corrected chi connectivity index (χ2v) is 6.10. The Balaban J connectivity index is 1.33. The van der Waals surface area contributed by atoms with E-state index < -0.39 is 0 Å². The maximum atomic E-state index is 12.2. The molecule has 2 aliphatic heterocycles. The molecular formula is C18H19N3O4. The number of benzene rings is 1. The lowest BCUT2D eigenvalue weighted by Gasteiger charge is -2.18. The minimum absolute atomic E-state index is 0.136. The van der Waals surface area contributed by atoms with Crippen molar-refractivity contribution in [2.24, 2.45) is 0 Å². The van der Waals surface area contributed by atoms with E-state index in [1.165, 1.54) is 18.6 Å². The molecule has 25 heavy (non-hydrogen) atoms. The van der Waals surface area contributed by atoms with Gasteiger partial charge in [0, 0.05) is 12.4 Å². The number of hydrogen-bond acceptors (Lipinski definition) is 6. The Morgan fingerprint density at radius 1 is 1.16 bits per heavy atom. The number of carbonyl (C=O) groups excluding carboxylic acids is 1. The number of rotatable bonds is 5. The molecule has 2 aromatic rings. The summed E-state index contributed by atoms with van der Waals surface area (Å²) < 4.78 is 17.6. The highest BCUT2D eigenvalue weighted by Crippen LogP contribution is 2.29. The number of fused-ring (bicyclic) bond motifs is 1. The average molecular weight is 341 g/mol. The van der Waals surface area contributed by atoms with E-state index in [-0.39, 0.29) is 36.0 Å². The summed E-state index contributed by atoms with van der Waals surface area (Å²) in [7, 11) is 0. The SMILES string of the molecule is O=C(N[C@H]1CO[C@H]2[C@@H]1OC[C@H]2OCc1ccccc1)c1cnccn1. The molecule has 4 atom stereocenters.